The minimum Gasteiger partial charge on any atom is -0.508 e. The first-order chi connectivity index (χ1) is 15.4. The minimum absolute atomic E-state index is 0.161. The van der Waals surface area contributed by atoms with Gasteiger partial charge < -0.3 is 10.4 Å². The lowest BCUT2D eigenvalue weighted by Gasteiger charge is -2.29. The number of carbonyl (C=O) groups is 3. The molecule has 0 aromatic heterocycles. The van der Waals surface area contributed by atoms with Gasteiger partial charge in [-0.1, -0.05) is 41.4 Å². The molecule has 0 aliphatic carbocycles. The molecular weight excluding hydrogens is 474 g/mol. The second-order valence-corrected chi connectivity index (χ2v) is 9.67. The summed E-state index contributed by atoms with van der Waals surface area (Å²) in [5, 5.41) is 16.0. The van der Waals surface area contributed by atoms with Crippen LogP contribution < -0.4 is 10.6 Å². The third-order valence-corrected chi connectivity index (χ3v) is 7.39. The number of halogens is 1. The van der Waals surface area contributed by atoms with E-state index < -0.39 is 23.4 Å². The molecule has 4 atom stereocenters. The fourth-order valence-electron chi connectivity index (χ4n) is 5.43. The summed E-state index contributed by atoms with van der Waals surface area (Å²) in [4.78, 5) is 41.8. The van der Waals surface area contributed by atoms with Gasteiger partial charge in [-0.25, -0.2) is 0 Å². The first-order valence-corrected chi connectivity index (χ1v) is 11.7. The van der Waals surface area contributed by atoms with E-state index in [-0.39, 0.29) is 23.5 Å². The Labute approximate surface area is 194 Å². The number of phenols is 1. The molecule has 5 rings (SSSR count). The molecule has 166 valence electrons. The number of fused-ring (bicyclic) bond motifs is 4. The summed E-state index contributed by atoms with van der Waals surface area (Å²) in [6.45, 7) is 2.39. The normalized spacial score (nSPS) is 28.4. The summed E-state index contributed by atoms with van der Waals surface area (Å²) in [5.74, 6) is -2.06. The number of benzene rings is 2. The highest BCUT2D eigenvalue weighted by Crippen LogP contribution is 2.53. The maximum absolute atomic E-state index is 13.6. The van der Waals surface area contributed by atoms with Crippen LogP contribution in [0.3, 0.4) is 0 Å². The third-order valence-electron chi connectivity index (χ3n) is 6.90. The van der Waals surface area contributed by atoms with E-state index in [0.717, 1.165) is 22.9 Å². The number of imide groups is 1. The van der Waals surface area contributed by atoms with Crippen LogP contribution >= 0.6 is 15.9 Å². The number of anilines is 1. The molecule has 2 aromatic carbocycles. The lowest BCUT2D eigenvalue weighted by atomic mass is 9.76. The van der Waals surface area contributed by atoms with E-state index >= 15 is 0 Å². The highest BCUT2D eigenvalue weighted by molar-refractivity contribution is 9.10. The van der Waals surface area contributed by atoms with Crippen molar-refractivity contribution in [3.8, 4) is 5.75 Å². The summed E-state index contributed by atoms with van der Waals surface area (Å²) >= 11 is 3.48. The smallest absolute Gasteiger partial charge is 0.250 e. The molecule has 3 N–H and O–H groups in total. The molecule has 2 saturated heterocycles. The Kier molecular flexibility index (Phi) is 5.09. The molecule has 0 saturated carbocycles. The Balaban J connectivity index is 1.61. The van der Waals surface area contributed by atoms with Crippen LogP contribution in [0, 0.1) is 11.8 Å². The molecule has 0 bridgehead atoms. The van der Waals surface area contributed by atoms with Gasteiger partial charge in [0, 0.05) is 28.3 Å². The van der Waals surface area contributed by atoms with E-state index in [4.69, 9.17) is 0 Å². The standard InChI is InChI=1S/C24H24BrN3O4/c1-2-3-10-28-21(30)19-18(11-13-4-7-15(29)8-5-13)27-24(20(19)22(28)31)16-12-14(25)6-9-17(16)26-23(24)32/h4-9,12,18-20,27,29H,2-3,10-11H2,1H3,(H,26,32)/t18-,19+,20-,24-/m0/s1. The predicted octanol–water partition coefficient (Wildman–Crippen LogP) is 2.92. The predicted molar refractivity (Wildman–Crippen MR) is 122 cm³/mol. The molecule has 32 heavy (non-hydrogen) atoms. The van der Waals surface area contributed by atoms with E-state index in [1.165, 1.54) is 4.90 Å². The number of nitrogens with zero attached hydrogens (tertiary/aromatic N) is 1. The van der Waals surface area contributed by atoms with Crippen LogP contribution in [0.25, 0.3) is 0 Å². The van der Waals surface area contributed by atoms with Crippen molar-refractivity contribution in [1.82, 2.24) is 10.2 Å². The zero-order valence-corrected chi connectivity index (χ0v) is 19.2. The molecule has 3 aliphatic heterocycles. The minimum atomic E-state index is -1.29. The molecule has 3 heterocycles. The zero-order chi connectivity index (χ0) is 22.6. The SMILES string of the molecule is CCCCN1C(=O)[C@@H]2[C@H](Cc3ccc(O)cc3)N[C@]3(C(=O)Nc4ccc(Br)cc43)[C@@H]2C1=O. The van der Waals surface area contributed by atoms with Gasteiger partial charge in [-0.15, -0.1) is 0 Å². The Morgan fingerprint density at radius 3 is 2.56 bits per heavy atom. The van der Waals surface area contributed by atoms with E-state index in [9.17, 15) is 19.5 Å². The molecule has 1 spiro atoms. The number of carbonyl (C=O) groups excluding carboxylic acids is 3. The molecule has 0 unspecified atom stereocenters. The fraction of sp³-hybridized carbons (Fsp3) is 0.375. The molecule has 0 radical (unpaired) electrons. The van der Waals surface area contributed by atoms with Crippen LogP contribution in [0.5, 0.6) is 5.75 Å². The van der Waals surface area contributed by atoms with Crippen molar-refractivity contribution in [3.05, 3.63) is 58.1 Å². The summed E-state index contributed by atoms with van der Waals surface area (Å²) in [6, 6.07) is 11.9. The van der Waals surface area contributed by atoms with Gasteiger partial charge in [-0.2, -0.15) is 0 Å². The average Bonchev–Trinajstić information content (AvgIpc) is 3.34. The molecule has 3 amide bonds. The maximum Gasteiger partial charge on any atom is 0.250 e. The Hall–Kier alpha value is -2.71. The number of rotatable bonds is 5. The van der Waals surface area contributed by atoms with Gasteiger partial charge in [-0.3, -0.25) is 24.6 Å². The van der Waals surface area contributed by atoms with E-state index in [1.807, 2.05) is 25.1 Å². The Morgan fingerprint density at radius 1 is 1.09 bits per heavy atom. The van der Waals surface area contributed by atoms with Crippen molar-refractivity contribution in [2.45, 2.75) is 37.8 Å². The molecule has 2 aromatic rings. The van der Waals surface area contributed by atoms with Crippen molar-refractivity contribution in [2.75, 3.05) is 11.9 Å². The van der Waals surface area contributed by atoms with Gasteiger partial charge in [-0.05, 0) is 48.7 Å². The van der Waals surface area contributed by atoms with Crippen molar-refractivity contribution in [1.29, 1.82) is 0 Å². The van der Waals surface area contributed by atoms with Crippen LogP contribution in [0.4, 0.5) is 5.69 Å². The maximum atomic E-state index is 13.6. The quantitative estimate of drug-likeness (QED) is 0.551. The second-order valence-electron chi connectivity index (χ2n) is 8.76. The summed E-state index contributed by atoms with van der Waals surface area (Å²) in [7, 11) is 0. The molecule has 7 nitrogen and oxygen atoms in total. The number of likely N-dealkylation sites (tertiary alicyclic amines) is 1. The number of nitrogens with one attached hydrogen (secondary N) is 2. The lowest BCUT2D eigenvalue weighted by Crippen LogP contribution is -2.53. The highest BCUT2D eigenvalue weighted by atomic mass is 79.9. The largest absolute Gasteiger partial charge is 0.508 e. The number of phenolic OH excluding ortho intramolecular Hbond substituents is 1. The summed E-state index contributed by atoms with van der Waals surface area (Å²) in [5.41, 5.74) is 0.968. The van der Waals surface area contributed by atoms with E-state index in [0.29, 0.717) is 24.2 Å². The molecule has 3 aliphatic rings. The summed E-state index contributed by atoms with van der Waals surface area (Å²) in [6.07, 6.45) is 2.05. The monoisotopic (exact) mass is 497 g/mol. The van der Waals surface area contributed by atoms with Gasteiger partial charge >= 0.3 is 0 Å². The van der Waals surface area contributed by atoms with Gasteiger partial charge in [0.2, 0.25) is 17.7 Å². The van der Waals surface area contributed by atoms with Crippen LogP contribution in [0.2, 0.25) is 0 Å². The zero-order valence-electron chi connectivity index (χ0n) is 17.6. The Morgan fingerprint density at radius 2 is 1.84 bits per heavy atom. The molecule has 2 fully saturated rings. The fourth-order valence-corrected chi connectivity index (χ4v) is 5.79. The third kappa shape index (κ3) is 3.00. The first-order valence-electron chi connectivity index (χ1n) is 10.9. The van der Waals surface area contributed by atoms with Gasteiger partial charge in [0.05, 0.1) is 11.8 Å². The first kappa shape index (κ1) is 21.2. The van der Waals surface area contributed by atoms with Crippen molar-refractivity contribution in [3.63, 3.8) is 0 Å². The van der Waals surface area contributed by atoms with Crippen LogP contribution in [0.15, 0.2) is 46.9 Å². The van der Waals surface area contributed by atoms with Gasteiger partial charge in [0.1, 0.15) is 11.3 Å². The number of amides is 3. The average molecular weight is 498 g/mol. The highest BCUT2D eigenvalue weighted by Gasteiger charge is 2.70. The topological polar surface area (TPSA) is 98.7 Å². The van der Waals surface area contributed by atoms with Crippen LogP contribution in [-0.4, -0.2) is 40.3 Å². The van der Waals surface area contributed by atoms with Crippen LogP contribution in [-0.2, 0) is 26.3 Å². The van der Waals surface area contributed by atoms with Gasteiger partial charge in [0.15, 0.2) is 0 Å². The molecular formula is C24H24BrN3O4. The number of aromatic hydroxyl groups is 1. The lowest BCUT2D eigenvalue weighted by molar-refractivity contribution is -0.142. The number of hydrogen-bond donors (Lipinski definition) is 3. The van der Waals surface area contributed by atoms with Crippen molar-refractivity contribution >= 4 is 39.3 Å². The van der Waals surface area contributed by atoms with E-state index in [1.54, 1.807) is 24.3 Å². The van der Waals surface area contributed by atoms with Crippen molar-refractivity contribution in [2.24, 2.45) is 11.8 Å². The Bertz CT molecular complexity index is 1120. The molecule has 8 heteroatoms. The van der Waals surface area contributed by atoms with Gasteiger partial charge in [0.25, 0.3) is 0 Å². The second kappa shape index (κ2) is 7.71. The van der Waals surface area contributed by atoms with Crippen molar-refractivity contribution < 1.29 is 19.5 Å². The number of hydrogen-bond acceptors (Lipinski definition) is 5. The summed E-state index contributed by atoms with van der Waals surface area (Å²) < 4.78 is 0.798. The van der Waals surface area contributed by atoms with Crippen LogP contribution in [0.1, 0.15) is 30.9 Å². The number of unbranched alkanes of at least 4 members (excludes halogenated alkanes) is 1. The van der Waals surface area contributed by atoms with E-state index in [2.05, 4.69) is 26.6 Å².